The molecule has 1 aromatic rings. The third-order valence-corrected chi connectivity index (χ3v) is 2.92. The van der Waals surface area contributed by atoms with E-state index in [9.17, 15) is 24.8 Å². The third kappa shape index (κ3) is 3.44. The maximum absolute atomic E-state index is 11.3. The van der Waals surface area contributed by atoms with E-state index in [1.165, 1.54) is 24.3 Å². The molecule has 0 aliphatic heterocycles. The van der Waals surface area contributed by atoms with Gasteiger partial charge in [-0.2, -0.15) is 0 Å². The van der Waals surface area contributed by atoms with Gasteiger partial charge in [-0.1, -0.05) is 53.5 Å². The zero-order valence-electron chi connectivity index (χ0n) is 9.90. The molecule has 0 spiro atoms. The number of nitrogens with one attached hydrogen (secondary N) is 1. The van der Waals surface area contributed by atoms with Crippen molar-refractivity contribution in [2.75, 3.05) is 0 Å². The average molecular weight is 321 g/mol. The van der Waals surface area contributed by atoms with E-state index in [1.807, 2.05) is 5.32 Å². The number of carbonyl (C=O) groups is 2. The van der Waals surface area contributed by atoms with Crippen LogP contribution in [0.3, 0.4) is 0 Å². The Morgan fingerprint density at radius 2 is 1.95 bits per heavy atom. The number of halogens is 2. The number of hydrogen-bond donors (Lipinski definition) is 2. The molecule has 1 aromatic carbocycles. The van der Waals surface area contributed by atoms with Crippen molar-refractivity contribution in [1.29, 1.82) is 0 Å². The topological polar surface area (TPSA) is 110 Å². The minimum absolute atomic E-state index is 0.0203. The first-order valence-electron chi connectivity index (χ1n) is 5.29. The van der Waals surface area contributed by atoms with Gasteiger partial charge in [-0.3, -0.25) is 25.0 Å². The second-order valence-corrected chi connectivity index (χ2v) is 4.90. The fourth-order valence-electron chi connectivity index (χ4n) is 1.52. The number of aliphatic hydroxyl groups is 1. The summed E-state index contributed by atoms with van der Waals surface area (Å²) in [7, 11) is 0. The summed E-state index contributed by atoms with van der Waals surface area (Å²) in [6.07, 6.45) is -2.14. The van der Waals surface area contributed by atoms with Crippen LogP contribution in [0.2, 0.25) is 0 Å². The van der Waals surface area contributed by atoms with Gasteiger partial charge in [-0.15, -0.1) is 0 Å². The maximum atomic E-state index is 11.3. The van der Waals surface area contributed by atoms with Gasteiger partial charge in [0.05, 0.1) is 0 Å². The molecule has 0 aliphatic rings. The number of rotatable bonds is 6. The molecule has 0 radical (unpaired) electrons. The van der Waals surface area contributed by atoms with Gasteiger partial charge in [-0.25, -0.2) is 0 Å². The number of aldehydes is 1. The second-order valence-electron chi connectivity index (χ2n) is 3.81. The second kappa shape index (κ2) is 6.65. The first-order chi connectivity index (χ1) is 9.32. The largest absolute Gasteiger partial charge is 0.370 e. The molecule has 1 amide bonds. The molecule has 9 heteroatoms. The molecule has 0 saturated heterocycles. The van der Waals surface area contributed by atoms with Gasteiger partial charge in [-0.05, 0) is 5.56 Å². The highest BCUT2D eigenvalue weighted by atomic mass is 35.5. The van der Waals surface area contributed by atoms with Gasteiger partial charge in [0.15, 0.2) is 11.1 Å². The van der Waals surface area contributed by atoms with E-state index in [2.05, 4.69) is 0 Å². The van der Waals surface area contributed by atoms with E-state index < -0.39 is 27.4 Å². The van der Waals surface area contributed by atoms with E-state index in [-0.39, 0.29) is 11.8 Å². The van der Waals surface area contributed by atoms with Crippen molar-refractivity contribution in [2.45, 2.75) is 16.6 Å². The summed E-state index contributed by atoms with van der Waals surface area (Å²) in [5, 5.41) is 23.1. The van der Waals surface area contributed by atoms with E-state index in [4.69, 9.17) is 23.2 Å². The highest BCUT2D eigenvalue weighted by molar-refractivity contribution is 6.53. The predicted molar refractivity (Wildman–Crippen MR) is 70.8 cm³/mol. The number of carbonyl (C=O) groups excluding carboxylic acids is 2. The molecule has 0 aliphatic carbocycles. The highest BCUT2D eigenvalue weighted by Crippen LogP contribution is 2.23. The molecule has 2 N–H and O–H groups in total. The van der Waals surface area contributed by atoms with Crippen LogP contribution in [0.5, 0.6) is 0 Å². The summed E-state index contributed by atoms with van der Waals surface area (Å²) < 4.78 is 0. The van der Waals surface area contributed by atoms with Crippen molar-refractivity contribution < 1.29 is 19.6 Å². The minimum Gasteiger partial charge on any atom is -0.370 e. The number of nitrogens with zero attached hydrogens (tertiary/aromatic N) is 1. The van der Waals surface area contributed by atoms with E-state index in [0.717, 1.165) is 0 Å². The van der Waals surface area contributed by atoms with Gasteiger partial charge in [0, 0.05) is 4.92 Å². The van der Waals surface area contributed by atoms with Gasteiger partial charge in [0.1, 0.15) is 0 Å². The molecule has 0 saturated carbocycles. The first kappa shape index (κ1) is 16.4. The minimum atomic E-state index is -2.54. The Morgan fingerprint density at radius 1 is 1.40 bits per heavy atom. The molecular weight excluding hydrogens is 311 g/mol. The van der Waals surface area contributed by atoms with Crippen molar-refractivity contribution in [3.05, 3.63) is 46.0 Å². The Hall–Kier alpha value is -1.70. The summed E-state index contributed by atoms with van der Waals surface area (Å²) >= 11 is 10.6. The Morgan fingerprint density at radius 3 is 2.35 bits per heavy atom. The third-order valence-electron chi connectivity index (χ3n) is 2.52. The van der Waals surface area contributed by atoms with Crippen LogP contribution in [0.4, 0.5) is 0 Å². The van der Waals surface area contributed by atoms with Crippen LogP contribution in [-0.2, 0) is 15.2 Å². The van der Waals surface area contributed by atoms with Crippen LogP contribution in [0.25, 0.3) is 0 Å². The molecular formula is C11H10Cl2N2O5. The highest BCUT2D eigenvalue weighted by Gasteiger charge is 2.48. The van der Waals surface area contributed by atoms with E-state index >= 15 is 0 Å². The smallest absolute Gasteiger partial charge is 0.326 e. The molecule has 7 nitrogen and oxygen atoms in total. The van der Waals surface area contributed by atoms with E-state index in [1.54, 1.807) is 6.07 Å². The zero-order valence-corrected chi connectivity index (χ0v) is 11.4. The standard InChI is InChI=1S/C11H10Cl2N2O5/c12-8(13)9(17)14-10(15(19)20)11(18,6-16)7-4-2-1-3-5-7/h1-6,8,10,18H,(H,14,17). The van der Waals surface area contributed by atoms with Crippen molar-refractivity contribution in [1.82, 2.24) is 5.32 Å². The molecule has 20 heavy (non-hydrogen) atoms. The Bertz CT molecular complexity index is 511. The zero-order chi connectivity index (χ0) is 15.3. The molecule has 0 bridgehead atoms. The lowest BCUT2D eigenvalue weighted by molar-refractivity contribution is -0.547. The molecule has 2 atom stereocenters. The molecule has 2 unspecified atom stereocenters. The SMILES string of the molecule is O=CC(O)(c1ccccc1)C(NC(=O)C(Cl)Cl)[N+](=O)[O-]. The number of alkyl halides is 2. The van der Waals surface area contributed by atoms with Crippen LogP contribution >= 0.6 is 23.2 Å². The van der Waals surface area contributed by atoms with Crippen LogP contribution < -0.4 is 5.32 Å². The van der Waals surface area contributed by atoms with Crippen molar-refractivity contribution in [3.63, 3.8) is 0 Å². The van der Waals surface area contributed by atoms with Crippen LogP contribution in [0, 0.1) is 10.1 Å². The molecule has 1 rings (SSSR count). The molecule has 0 heterocycles. The quantitative estimate of drug-likeness (QED) is 0.262. The lowest BCUT2D eigenvalue weighted by Gasteiger charge is -2.26. The summed E-state index contributed by atoms with van der Waals surface area (Å²) in [6, 6.07) is 7.19. The van der Waals surface area contributed by atoms with Gasteiger partial charge in [0.25, 0.3) is 5.91 Å². The lowest BCUT2D eigenvalue weighted by Crippen LogP contribution is -2.57. The normalized spacial score (nSPS) is 15.2. The van der Waals surface area contributed by atoms with Gasteiger partial charge >= 0.3 is 6.17 Å². The van der Waals surface area contributed by atoms with Crippen molar-refractivity contribution in [3.8, 4) is 0 Å². The Kier molecular flexibility index (Phi) is 5.43. The summed E-state index contributed by atoms with van der Waals surface area (Å²) in [4.78, 5) is 30.9. The predicted octanol–water partition coefficient (Wildman–Crippen LogP) is 0.596. The van der Waals surface area contributed by atoms with Crippen LogP contribution in [0.1, 0.15) is 5.56 Å². The number of benzene rings is 1. The number of nitro groups is 1. The van der Waals surface area contributed by atoms with Crippen molar-refractivity contribution >= 4 is 35.4 Å². The Balaban J connectivity index is 3.19. The molecule has 108 valence electrons. The van der Waals surface area contributed by atoms with Crippen LogP contribution in [0.15, 0.2) is 30.3 Å². The number of hydrogen-bond acceptors (Lipinski definition) is 5. The molecule has 0 aromatic heterocycles. The van der Waals surface area contributed by atoms with Crippen molar-refractivity contribution in [2.24, 2.45) is 0 Å². The maximum Gasteiger partial charge on any atom is 0.326 e. The Labute approximate surface area is 123 Å². The van der Waals surface area contributed by atoms with Gasteiger partial charge in [0.2, 0.25) is 5.60 Å². The monoisotopic (exact) mass is 320 g/mol. The van der Waals surface area contributed by atoms with Crippen LogP contribution in [-0.4, -0.2) is 33.2 Å². The van der Waals surface area contributed by atoms with Gasteiger partial charge < -0.3 is 5.11 Å². The first-order valence-corrected chi connectivity index (χ1v) is 6.16. The average Bonchev–Trinajstić information content (AvgIpc) is 2.44. The fraction of sp³-hybridized carbons (Fsp3) is 0.273. The summed E-state index contributed by atoms with van der Waals surface area (Å²) in [6.45, 7) is 0. The summed E-state index contributed by atoms with van der Waals surface area (Å²) in [5.41, 5.74) is -2.58. The van der Waals surface area contributed by atoms with E-state index in [0.29, 0.717) is 0 Å². The summed E-state index contributed by atoms with van der Waals surface area (Å²) in [5.74, 6) is -1.09. The molecule has 0 fully saturated rings. The fourth-order valence-corrected chi connectivity index (χ4v) is 1.64. The lowest BCUT2D eigenvalue weighted by atomic mass is 9.92. The number of amides is 1.